The van der Waals surface area contributed by atoms with Crippen LogP contribution in [0.4, 0.5) is 0 Å². The minimum absolute atomic E-state index is 1.02. The zero-order valence-electron chi connectivity index (χ0n) is 9.62. The molecule has 0 radical (unpaired) electrons. The molecule has 2 fully saturated rings. The molecule has 0 spiro atoms. The van der Waals surface area contributed by atoms with Crippen molar-refractivity contribution in [1.82, 2.24) is 0 Å². The van der Waals surface area contributed by atoms with Crippen molar-refractivity contribution in [3.05, 3.63) is 0 Å². The van der Waals surface area contributed by atoms with Gasteiger partial charge in [0, 0.05) is 6.42 Å². The SMILES string of the molecule is CC1CC[NH+]2CCCCC2C1.[O-][Cl+3]([O-])([O-])[O-]. The fourth-order valence-electron chi connectivity index (χ4n) is 2.80. The van der Waals surface area contributed by atoms with Crippen LogP contribution < -0.4 is 23.5 Å². The fraction of sp³-hybridized carbons (Fsp3) is 1.00. The van der Waals surface area contributed by atoms with Crippen LogP contribution in [0.2, 0.25) is 0 Å². The second-order valence-electron chi connectivity index (χ2n) is 4.86. The molecule has 2 rings (SSSR count). The molecule has 2 saturated heterocycles. The van der Waals surface area contributed by atoms with Gasteiger partial charge in [0.2, 0.25) is 0 Å². The van der Waals surface area contributed by atoms with Crippen molar-refractivity contribution in [3.63, 3.8) is 0 Å². The summed E-state index contributed by atoms with van der Waals surface area (Å²) in [7, 11) is -4.94. The number of rotatable bonds is 0. The number of fused-ring (bicyclic) bond motifs is 1. The van der Waals surface area contributed by atoms with Gasteiger partial charge in [0.15, 0.2) is 0 Å². The molecule has 0 aromatic rings. The Hall–Kier alpha value is 0.0900. The van der Waals surface area contributed by atoms with Crippen molar-refractivity contribution in [1.29, 1.82) is 0 Å². The molecule has 96 valence electrons. The highest BCUT2D eigenvalue weighted by Crippen LogP contribution is 2.17. The number of quaternary nitrogens is 1. The summed E-state index contributed by atoms with van der Waals surface area (Å²) < 4.78 is 34.0. The van der Waals surface area contributed by atoms with Gasteiger partial charge in [-0.15, -0.1) is 10.2 Å². The summed E-state index contributed by atoms with van der Waals surface area (Å²) >= 11 is 0. The third-order valence-electron chi connectivity index (χ3n) is 3.52. The predicted octanol–water partition coefficient (Wildman–Crippen LogP) is -3.90. The average molecular weight is 254 g/mol. The Morgan fingerprint density at radius 1 is 1.00 bits per heavy atom. The van der Waals surface area contributed by atoms with E-state index in [9.17, 15) is 0 Å². The van der Waals surface area contributed by atoms with Gasteiger partial charge >= 0.3 is 0 Å². The predicted molar refractivity (Wildman–Crippen MR) is 46.7 cm³/mol. The van der Waals surface area contributed by atoms with Gasteiger partial charge < -0.3 is 4.90 Å². The molecule has 3 atom stereocenters. The summed E-state index contributed by atoms with van der Waals surface area (Å²) in [5.74, 6) is 1.02. The smallest absolute Gasteiger partial charge is 0.0877 e. The number of hydrogen-bond donors (Lipinski definition) is 1. The monoisotopic (exact) mass is 253 g/mol. The largest absolute Gasteiger partial charge is 0.332 e. The highest BCUT2D eigenvalue weighted by atomic mass is 35.7. The van der Waals surface area contributed by atoms with E-state index >= 15 is 0 Å². The van der Waals surface area contributed by atoms with Crippen LogP contribution in [0.1, 0.15) is 39.0 Å². The van der Waals surface area contributed by atoms with Crippen LogP contribution in [-0.4, -0.2) is 19.1 Å². The lowest BCUT2D eigenvalue weighted by Gasteiger charge is -2.38. The molecule has 5 nitrogen and oxygen atoms in total. The van der Waals surface area contributed by atoms with E-state index in [2.05, 4.69) is 6.92 Å². The molecule has 3 unspecified atom stereocenters. The van der Waals surface area contributed by atoms with Crippen molar-refractivity contribution >= 4 is 0 Å². The first kappa shape index (κ1) is 14.2. The Bertz CT molecular complexity index is 203. The number of nitrogens with one attached hydrogen (secondary N) is 1. The Morgan fingerprint density at radius 2 is 1.62 bits per heavy atom. The van der Waals surface area contributed by atoms with Gasteiger partial charge in [0.25, 0.3) is 0 Å². The van der Waals surface area contributed by atoms with Gasteiger partial charge in [0.05, 0.1) is 19.1 Å². The Balaban J connectivity index is 0.000000221. The van der Waals surface area contributed by atoms with Crippen molar-refractivity contribution in [2.75, 3.05) is 13.1 Å². The van der Waals surface area contributed by atoms with Crippen molar-refractivity contribution < 1.29 is 33.8 Å². The summed E-state index contributed by atoms with van der Waals surface area (Å²) in [6.07, 6.45) is 7.49. The van der Waals surface area contributed by atoms with Crippen LogP contribution in [0.3, 0.4) is 0 Å². The van der Waals surface area contributed by atoms with E-state index in [1.54, 1.807) is 0 Å². The standard InChI is InChI=1S/C10H19N.ClHO4/c1-9-5-7-11-6-3-2-4-10(11)8-9;2-1(3,4)5/h9-10H,2-8H2,1H3;(H,2,3,4,5). The summed E-state index contributed by atoms with van der Waals surface area (Å²) in [6.45, 7) is 5.36. The van der Waals surface area contributed by atoms with Crippen molar-refractivity contribution in [3.8, 4) is 0 Å². The number of piperidine rings is 2. The molecule has 0 bridgehead atoms. The van der Waals surface area contributed by atoms with Gasteiger partial charge in [-0.25, -0.2) is 18.6 Å². The lowest BCUT2D eigenvalue weighted by Crippen LogP contribution is -3.17. The maximum atomic E-state index is 8.49. The molecule has 0 saturated carbocycles. The highest BCUT2D eigenvalue weighted by molar-refractivity contribution is 4.69. The van der Waals surface area contributed by atoms with Gasteiger partial charge in [-0.1, -0.05) is 6.92 Å². The van der Waals surface area contributed by atoms with Gasteiger partial charge in [-0.3, -0.25) is 0 Å². The van der Waals surface area contributed by atoms with Gasteiger partial charge in [-0.05, 0) is 31.6 Å². The maximum absolute atomic E-state index is 8.49. The first-order valence-corrected chi connectivity index (χ1v) is 7.06. The summed E-state index contributed by atoms with van der Waals surface area (Å²) in [6, 6.07) is 1.05. The molecular weight excluding hydrogens is 234 g/mol. The molecule has 16 heavy (non-hydrogen) atoms. The average Bonchev–Trinajstić information content (AvgIpc) is 2.15. The van der Waals surface area contributed by atoms with E-state index in [4.69, 9.17) is 18.6 Å². The Morgan fingerprint density at radius 3 is 2.25 bits per heavy atom. The zero-order chi connectivity index (χ0) is 12.2. The van der Waals surface area contributed by atoms with Crippen LogP contribution in [0.5, 0.6) is 0 Å². The third-order valence-corrected chi connectivity index (χ3v) is 3.52. The van der Waals surface area contributed by atoms with Crippen LogP contribution in [0, 0.1) is 16.2 Å². The second-order valence-corrected chi connectivity index (χ2v) is 5.61. The van der Waals surface area contributed by atoms with Gasteiger partial charge in [-0.2, -0.15) is 0 Å². The van der Waals surface area contributed by atoms with E-state index in [1.807, 2.05) is 4.90 Å². The number of hydrogen-bond acceptors (Lipinski definition) is 4. The van der Waals surface area contributed by atoms with E-state index in [1.165, 1.54) is 45.2 Å². The van der Waals surface area contributed by atoms with E-state index in [0.29, 0.717) is 0 Å². The lowest BCUT2D eigenvalue weighted by atomic mass is 9.87. The van der Waals surface area contributed by atoms with E-state index < -0.39 is 10.2 Å². The van der Waals surface area contributed by atoms with E-state index in [0.717, 1.165) is 12.0 Å². The molecular formula is C10H20ClNO4. The molecule has 2 aliphatic rings. The zero-order valence-corrected chi connectivity index (χ0v) is 10.4. The first-order valence-electron chi connectivity index (χ1n) is 5.82. The molecule has 0 aromatic heterocycles. The third kappa shape index (κ3) is 5.98. The number of halogens is 1. The summed E-state index contributed by atoms with van der Waals surface area (Å²) in [5.41, 5.74) is 0. The lowest BCUT2D eigenvalue weighted by molar-refractivity contribution is -2.00. The molecule has 1 N–H and O–H groups in total. The van der Waals surface area contributed by atoms with E-state index in [-0.39, 0.29) is 0 Å². The molecule has 0 amide bonds. The molecule has 2 aliphatic heterocycles. The van der Waals surface area contributed by atoms with Crippen LogP contribution in [0.15, 0.2) is 0 Å². The molecule has 6 heteroatoms. The fourth-order valence-corrected chi connectivity index (χ4v) is 2.80. The topological polar surface area (TPSA) is 96.7 Å². The molecule has 2 heterocycles. The van der Waals surface area contributed by atoms with Crippen molar-refractivity contribution in [2.45, 2.75) is 45.1 Å². The van der Waals surface area contributed by atoms with Gasteiger partial charge in [0.1, 0.15) is 0 Å². The molecule has 0 aromatic carbocycles. The molecule has 0 aliphatic carbocycles. The summed E-state index contributed by atoms with van der Waals surface area (Å²) in [5, 5.41) is 0. The minimum atomic E-state index is -4.94. The van der Waals surface area contributed by atoms with Crippen LogP contribution in [-0.2, 0) is 0 Å². The first-order chi connectivity index (χ1) is 7.36. The van der Waals surface area contributed by atoms with Crippen LogP contribution >= 0.6 is 0 Å². The Labute approximate surface area is 98.4 Å². The normalized spacial score (nSPS) is 34.7. The second kappa shape index (κ2) is 6.14. The maximum Gasteiger partial charge on any atom is 0.0877 e. The Kier molecular flexibility index (Phi) is 5.43. The van der Waals surface area contributed by atoms with Crippen molar-refractivity contribution in [2.24, 2.45) is 5.92 Å². The van der Waals surface area contributed by atoms with Crippen LogP contribution in [0.25, 0.3) is 0 Å². The minimum Gasteiger partial charge on any atom is -0.332 e. The highest BCUT2D eigenvalue weighted by Gasteiger charge is 2.31. The quantitative estimate of drug-likeness (QED) is 0.477. The summed E-state index contributed by atoms with van der Waals surface area (Å²) in [4.78, 5) is 1.93.